The summed E-state index contributed by atoms with van der Waals surface area (Å²) in [6.07, 6.45) is 3.69. The first-order valence-electron chi connectivity index (χ1n) is 6.01. The number of aromatic nitrogens is 1. The minimum absolute atomic E-state index is 0.275. The lowest BCUT2D eigenvalue weighted by Gasteiger charge is -2.37. The van der Waals surface area contributed by atoms with Gasteiger partial charge in [-0.25, -0.2) is 4.98 Å². The quantitative estimate of drug-likeness (QED) is 0.795. The van der Waals surface area contributed by atoms with Gasteiger partial charge in [0.25, 0.3) is 0 Å². The average Bonchev–Trinajstić information content (AvgIpc) is 2.29. The van der Waals surface area contributed by atoms with Crippen LogP contribution in [-0.4, -0.2) is 23.6 Å². The van der Waals surface area contributed by atoms with Crippen molar-refractivity contribution in [2.75, 3.05) is 11.4 Å². The highest BCUT2D eigenvalue weighted by atomic mass is 15.2. The van der Waals surface area contributed by atoms with Crippen molar-refractivity contribution >= 4 is 5.82 Å². The van der Waals surface area contributed by atoms with Crippen LogP contribution in [0, 0.1) is 18.3 Å². The van der Waals surface area contributed by atoms with Crippen LogP contribution in [0.4, 0.5) is 5.82 Å². The zero-order valence-electron chi connectivity index (χ0n) is 10.3. The lowest BCUT2D eigenvalue weighted by Crippen LogP contribution is -2.46. The number of pyridine rings is 1. The van der Waals surface area contributed by atoms with Crippen molar-refractivity contribution in [3.05, 3.63) is 23.4 Å². The van der Waals surface area contributed by atoms with Crippen LogP contribution in [0.5, 0.6) is 0 Å². The monoisotopic (exact) mass is 230 g/mol. The number of rotatable bonds is 1. The molecular weight excluding hydrogens is 212 g/mol. The molecule has 1 saturated heterocycles. The molecule has 4 nitrogen and oxygen atoms in total. The van der Waals surface area contributed by atoms with Gasteiger partial charge in [-0.15, -0.1) is 0 Å². The summed E-state index contributed by atoms with van der Waals surface area (Å²) in [5, 5.41) is 9.23. The van der Waals surface area contributed by atoms with Gasteiger partial charge in [0, 0.05) is 24.8 Å². The van der Waals surface area contributed by atoms with E-state index in [2.05, 4.69) is 22.9 Å². The Morgan fingerprint density at radius 3 is 3.00 bits per heavy atom. The van der Waals surface area contributed by atoms with Crippen LogP contribution < -0.4 is 10.6 Å². The Morgan fingerprint density at radius 1 is 1.59 bits per heavy atom. The van der Waals surface area contributed by atoms with Crippen LogP contribution >= 0.6 is 0 Å². The summed E-state index contributed by atoms with van der Waals surface area (Å²) in [7, 11) is 0. The van der Waals surface area contributed by atoms with Crippen LogP contribution in [-0.2, 0) is 0 Å². The molecule has 1 fully saturated rings. The van der Waals surface area contributed by atoms with Crippen molar-refractivity contribution < 1.29 is 0 Å². The van der Waals surface area contributed by atoms with E-state index in [0.717, 1.165) is 30.8 Å². The summed E-state index contributed by atoms with van der Waals surface area (Å²) >= 11 is 0. The van der Waals surface area contributed by atoms with Crippen molar-refractivity contribution in [3.8, 4) is 6.07 Å². The molecule has 2 N–H and O–H groups in total. The summed E-state index contributed by atoms with van der Waals surface area (Å²) in [4.78, 5) is 6.58. The van der Waals surface area contributed by atoms with E-state index < -0.39 is 0 Å². The van der Waals surface area contributed by atoms with Gasteiger partial charge in [0.15, 0.2) is 0 Å². The second-order valence-electron chi connectivity index (χ2n) is 4.77. The maximum Gasteiger partial charge on any atom is 0.146 e. The van der Waals surface area contributed by atoms with E-state index in [4.69, 9.17) is 5.73 Å². The van der Waals surface area contributed by atoms with E-state index >= 15 is 0 Å². The SMILES string of the molecule is Cc1ccnc(N2CCC(N)CC2C)c1C#N. The number of nitriles is 1. The third kappa shape index (κ3) is 2.25. The highest BCUT2D eigenvalue weighted by molar-refractivity contribution is 5.57. The molecule has 0 radical (unpaired) electrons. The predicted octanol–water partition coefficient (Wildman–Crippen LogP) is 1.58. The van der Waals surface area contributed by atoms with Gasteiger partial charge in [-0.2, -0.15) is 5.26 Å². The Balaban J connectivity index is 2.35. The van der Waals surface area contributed by atoms with Gasteiger partial charge in [-0.1, -0.05) is 0 Å². The third-order valence-corrected chi connectivity index (χ3v) is 3.44. The van der Waals surface area contributed by atoms with Gasteiger partial charge in [-0.05, 0) is 38.3 Å². The van der Waals surface area contributed by atoms with Gasteiger partial charge in [-0.3, -0.25) is 0 Å². The molecular formula is C13H18N4. The van der Waals surface area contributed by atoms with E-state index in [9.17, 15) is 5.26 Å². The maximum absolute atomic E-state index is 9.23. The zero-order chi connectivity index (χ0) is 12.4. The zero-order valence-corrected chi connectivity index (χ0v) is 10.3. The first-order valence-corrected chi connectivity index (χ1v) is 6.01. The molecule has 2 unspecified atom stereocenters. The molecule has 2 atom stereocenters. The van der Waals surface area contributed by atoms with Crippen molar-refractivity contribution in [2.45, 2.75) is 38.8 Å². The third-order valence-electron chi connectivity index (χ3n) is 3.44. The Labute approximate surface area is 102 Å². The number of piperidine rings is 1. The molecule has 4 heteroatoms. The molecule has 1 aliphatic rings. The highest BCUT2D eigenvalue weighted by Gasteiger charge is 2.26. The molecule has 1 aromatic rings. The summed E-state index contributed by atoms with van der Waals surface area (Å²) in [6.45, 7) is 4.97. The fourth-order valence-corrected chi connectivity index (χ4v) is 2.42. The van der Waals surface area contributed by atoms with Crippen LogP contribution in [0.2, 0.25) is 0 Å². The van der Waals surface area contributed by atoms with E-state index in [-0.39, 0.29) is 6.04 Å². The van der Waals surface area contributed by atoms with E-state index in [1.807, 2.05) is 13.0 Å². The van der Waals surface area contributed by atoms with Gasteiger partial charge >= 0.3 is 0 Å². The molecule has 0 aromatic carbocycles. The van der Waals surface area contributed by atoms with Crippen molar-refractivity contribution in [2.24, 2.45) is 5.73 Å². The standard InChI is InChI=1S/C13H18N4/c1-9-3-5-16-13(12(9)8-14)17-6-4-11(15)7-10(17)2/h3,5,10-11H,4,6-7,15H2,1-2H3. The minimum atomic E-state index is 0.275. The number of aryl methyl sites for hydroxylation is 1. The molecule has 17 heavy (non-hydrogen) atoms. The number of nitrogens with zero attached hydrogens (tertiary/aromatic N) is 3. The summed E-state index contributed by atoms with van der Waals surface area (Å²) in [5.41, 5.74) is 7.63. The van der Waals surface area contributed by atoms with Crippen LogP contribution in [0.3, 0.4) is 0 Å². The fraction of sp³-hybridized carbons (Fsp3) is 0.538. The van der Waals surface area contributed by atoms with Crippen LogP contribution in [0.15, 0.2) is 12.3 Å². The predicted molar refractivity (Wildman–Crippen MR) is 67.7 cm³/mol. The molecule has 0 amide bonds. The molecule has 1 aromatic heterocycles. The number of nitrogens with two attached hydrogens (primary N) is 1. The van der Waals surface area contributed by atoms with Gasteiger partial charge in [0.05, 0.1) is 5.56 Å². The van der Waals surface area contributed by atoms with Crippen LogP contribution in [0.1, 0.15) is 30.9 Å². The van der Waals surface area contributed by atoms with Crippen molar-refractivity contribution in [1.82, 2.24) is 4.98 Å². The molecule has 0 aliphatic carbocycles. The smallest absolute Gasteiger partial charge is 0.146 e. The molecule has 0 bridgehead atoms. The topological polar surface area (TPSA) is 65.9 Å². The number of hydrogen-bond donors (Lipinski definition) is 1. The Kier molecular flexibility index (Phi) is 3.30. The van der Waals surface area contributed by atoms with Gasteiger partial charge in [0.2, 0.25) is 0 Å². The van der Waals surface area contributed by atoms with E-state index in [0.29, 0.717) is 11.6 Å². The van der Waals surface area contributed by atoms with Crippen LogP contribution in [0.25, 0.3) is 0 Å². The van der Waals surface area contributed by atoms with Crippen molar-refractivity contribution in [1.29, 1.82) is 5.26 Å². The maximum atomic E-state index is 9.23. The Hall–Kier alpha value is -1.60. The summed E-state index contributed by atoms with van der Waals surface area (Å²) in [5.74, 6) is 0.812. The molecule has 2 heterocycles. The summed E-state index contributed by atoms with van der Waals surface area (Å²) in [6, 6.07) is 4.76. The highest BCUT2D eigenvalue weighted by Crippen LogP contribution is 2.26. The number of anilines is 1. The normalized spacial score (nSPS) is 24.5. The minimum Gasteiger partial charge on any atom is -0.353 e. The second kappa shape index (κ2) is 4.72. The Bertz CT molecular complexity index is 449. The fourth-order valence-electron chi connectivity index (χ4n) is 2.42. The lowest BCUT2D eigenvalue weighted by molar-refractivity contribution is 0.427. The molecule has 90 valence electrons. The first kappa shape index (κ1) is 11.9. The Morgan fingerprint density at radius 2 is 2.35 bits per heavy atom. The van der Waals surface area contributed by atoms with E-state index in [1.165, 1.54) is 0 Å². The molecule has 2 rings (SSSR count). The molecule has 0 spiro atoms. The molecule has 1 aliphatic heterocycles. The number of hydrogen-bond acceptors (Lipinski definition) is 4. The average molecular weight is 230 g/mol. The lowest BCUT2D eigenvalue weighted by atomic mass is 9.98. The van der Waals surface area contributed by atoms with Crippen molar-refractivity contribution in [3.63, 3.8) is 0 Å². The summed E-state index contributed by atoms with van der Waals surface area (Å²) < 4.78 is 0. The second-order valence-corrected chi connectivity index (χ2v) is 4.77. The first-order chi connectivity index (χ1) is 8.13. The van der Waals surface area contributed by atoms with Gasteiger partial charge in [0.1, 0.15) is 11.9 Å². The van der Waals surface area contributed by atoms with E-state index in [1.54, 1.807) is 6.20 Å². The van der Waals surface area contributed by atoms with Gasteiger partial charge < -0.3 is 10.6 Å². The molecule has 0 saturated carbocycles. The largest absolute Gasteiger partial charge is 0.353 e.